The number of benzene rings is 4. The Balaban J connectivity index is 1.34. The molecule has 1 aromatic heterocycles. The van der Waals surface area contributed by atoms with Crippen LogP contribution in [0.2, 0.25) is 0 Å². The third-order valence-electron chi connectivity index (χ3n) is 6.13. The highest BCUT2D eigenvalue weighted by Gasteiger charge is 2.30. The van der Waals surface area contributed by atoms with Crippen molar-refractivity contribution >= 4 is 21.7 Å². The van der Waals surface area contributed by atoms with Crippen LogP contribution >= 0.6 is 0 Å². The van der Waals surface area contributed by atoms with Crippen molar-refractivity contribution in [2.24, 2.45) is 0 Å². The van der Waals surface area contributed by atoms with E-state index in [0.29, 0.717) is 12.2 Å². The van der Waals surface area contributed by atoms with Crippen LogP contribution < -0.4 is 5.32 Å². The number of halogens is 3. The second kappa shape index (κ2) is 8.41. The van der Waals surface area contributed by atoms with E-state index in [1.165, 1.54) is 28.5 Å². The Morgan fingerprint density at radius 3 is 2.36 bits per heavy atom. The third kappa shape index (κ3) is 4.24. The molecule has 0 saturated carbocycles. The summed E-state index contributed by atoms with van der Waals surface area (Å²) in [6.07, 6.45) is -2.44. The SMILES string of the molecule is C[C@@H](NCc1ccc2c(ccn2-c2ccc(C(F)(F)F)cc2)c1)c1cccc2ccccc12. The molecule has 5 rings (SSSR count). The molecule has 4 aromatic carbocycles. The summed E-state index contributed by atoms with van der Waals surface area (Å²) in [5, 5.41) is 7.15. The molecule has 0 aliphatic heterocycles. The van der Waals surface area contributed by atoms with Crippen LogP contribution in [0.5, 0.6) is 0 Å². The molecule has 2 nitrogen and oxygen atoms in total. The first-order valence-electron chi connectivity index (χ1n) is 10.9. The zero-order valence-electron chi connectivity index (χ0n) is 18.1. The number of nitrogens with one attached hydrogen (secondary N) is 1. The third-order valence-corrected chi connectivity index (χ3v) is 6.13. The number of aromatic nitrogens is 1. The Morgan fingerprint density at radius 1 is 0.818 bits per heavy atom. The van der Waals surface area contributed by atoms with Crippen LogP contribution in [-0.4, -0.2) is 4.57 Å². The summed E-state index contributed by atoms with van der Waals surface area (Å²) in [7, 11) is 0. The highest BCUT2D eigenvalue weighted by Crippen LogP contribution is 2.30. The van der Waals surface area contributed by atoms with Crippen LogP contribution in [0.4, 0.5) is 13.2 Å². The average Bonchev–Trinajstić information content (AvgIpc) is 3.25. The lowest BCUT2D eigenvalue weighted by Gasteiger charge is -2.17. The molecule has 5 heteroatoms. The molecule has 33 heavy (non-hydrogen) atoms. The van der Waals surface area contributed by atoms with Crippen molar-refractivity contribution in [1.29, 1.82) is 0 Å². The van der Waals surface area contributed by atoms with Crippen molar-refractivity contribution in [2.45, 2.75) is 25.7 Å². The van der Waals surface area contributed by atoms with E-state index in [0.717, 1.165) is 28.6 Å². The van der Waals surface area contributed by atoms with E-state index < -0.39 is 11.7 Å². The van der Waals surface area contributed by atoms with Crippen LogP contribution in [0.3, 0.4) is 0 Å². The lowest BCUT2D eigenvalue weighted by atomic mass is 9.99. The van der Waals surface area contributed by atoms with Gasteiger partial charge in [-0.15, -0.1) is 0 Å². The predicted molar refractivity (Wildman–Crippen MR) is 127 cm³/mol. The van der Waals surface area contributed by atoms with Crippen molar-refractivity contribution in [3.05, 3.63) is 114 Å². The van der Waals surface area contributed by atoms with Crippen molar-refractivity contribution in [1.82, 2.24) is 9.88 Å². The molecular weight excluding hydrogens is 421 g/mol. The van der Waals surface area contributed by atoms with E-state index in [9.17, 15) is 13.2 Å². The Hall–Kier alpha value is -3.57. The number of hydrogen-bond donors (Lipinski definition) is 1. The molecule has 0 saturated heterocycles. The minimum atomic E-state index is -4.33. The first kappa shape index (κ1) is 21.3. The largest absolute Gasteiger partial charge is 0.416 e. The quantitative estimate of drug-likeness (QED) is 0.295. The number of fused-ring (bicyclic) bond motifs is 2. The van der Waals surface area contributed by atoms with E-state index in [-0.39, 0.29) is 6.04 Å². The molecule has 0 amide bonds. The number of alkyl halides is 3. The molecule has 0 bridgehead atoms. The Morgan fingerprint density at radius 2 is 1.58 bits per heavy atom. The summed E-state index contributed by atoms with van der Waals surface area (Å²) >= 11 is 0. The van der Waals surface area contributed by atoms with Gasteiger partial charge in [0.1, 0.15) is 0 Å². The van der Waals surface area contributed by atoms with E-state index in [4.69, 9.17) is 0 Å². The number of hydrogen-bond acceptors (Lipinski definition) is 1. The zero-order valence-corrected chi connectivity index (χ0v) is 18.1. The molecule has 166 valence electrons. The van der Waals surface area contributed by atoms with Gasteiger partial charge >= 0.3 is 6.18 Å². The van der Waals surface area contributed by atoms with Gasteiger partial charge in [-0.1, -0.05) is 48.5 Å². The molecule has 1 N–H and O–H groups in total. The fourth-order valence-corrected chi connectivity index (χ4v) is 4.35. The normalized spacial score (nSPS) is 13.0. The van der Waals surface area contributed by atoms with Gasteiger partial charge in [0.05, 0.1) is 11.1 Å². The van der Waals surface area contributed by atoms with Gasteiger partial charge in [-0.2, -0.15) is 13.2 Å². The van der Waals surface area contributed by atoms with Crippen LogP contribution in [0.1, 0.15) is 29.7 Å². The monoisotopic (exact) mass is 444 g/mol. The van der Waals surface area contributed by atoms with Crippen molar-refractivity contribution in [3.63, 3.8) is 0 Å². The molecule has 0 aliphatic carbocycles. The van der Waals surface area contributed by atoms with Crippen molar-refractivity contribution < 1.29 is 13.2 Å². The van der Waals surface area contributed by atoms with Crippen LogP contribution in [0.15, 0.2) is 97.2 Å². The summed E-state index contributed by atoms with van der Waals surface area (Å²) in [5.41, 5.74) is 3.44. The van der Waals surface area contributed by atoms with Crippen LogP contribution in [0.25, 0.3) is 27.4 Å². The van der Waals surface area contributed by atoms with Gasteiger partial charge in [0.25, 0.3) is 0 Å². The van der Waals surface area contributed by atoms with E-state index in [1.807, 2.05) is 22.9 Å². The smallest absolute Gasteiger partial charge is 0.317 e. The predicted octanol–water partition coefficient (Wildman–Crippen LogP) is 7.65. The van der Waals surface area contributed by atoms with Gasteiger partial charge in [0.2, 0.25) is 0 Å². The maximum atomic E-state index is 12.9. The molecule has 0 spiro atoms. The van der Waals surface area contributed by atoms with Gasteiger partial charge in [-0.05, 0) is 71.3 Å². The summed E-state index contributed by atoms with van der Waals surface area (Å²) in [4.78, 5) is 0. The van der Waals surface area contributed by atoms with Crippen molar-refractivity contribution in [3.8, 4) is 5.69 Å². The second-order valence-electron chi connectivity index (χ2n) is 8.29. The van der Waals surface area contributed by atoms with Crippen LogP contribution in [-0.2, 0) is 12.7 Å². The van der Waals surface area contributed by atoms with Gasteiger partial charge in [-0.25, -0.2) is 0 Å². The van der Waals surface area contributed by atoms with Gasteiger partial charge in [-0.3, -0.25) is 0 Å². The van der Waals surface area contributed by atoms with E-state index in [2.05, 4.69) is 66.8 Å². The summed E-state index contributed by atoms with van der Waals surface area (Å²) in [5.74, 6) is 0. The van der Waals surface area contributed by atoms with Gasteiger partial charge in [0, 0.05) is 29.9 Å². The number of nitrogens with zero attached hydrogens (tertiary/aromatic N) is 1. The second-order valence-corrected chi connectivity index (χ2v) is 8.29. The fourth-order valence-electron chi connectivity index (χ4n) is 4.35. The fraction of sp³-hybridized carbons (Fsp3) is 0.143. The van der Waals surface area contributed by atoms with Gasteiger partial charge in [0.15, 0.2) is 0 Å². The lowest BCUT2D eigenvalue weighted by Crippen LogP contribution is -2.18. The summed E-state index contributed by atoms with van der Waals surface area (Å²) < 4.78 is 40.5. The zero-order chi connectivity index (χ0) is 23.0. The molecule has 0 fully saturated rings. The first-order valence-corrected chi connectivity index (χ1v) is 10.9. The molecule has 1 atom stereocenters. The standard InChI is InChI=1S/C28H23F3N2/c1-19(25-8-4-6-21-5-2-3-7-26(21)25)32-18-20-9-14-27-22(17-20)15-16-33(27)24-12-10-23(11-13-24)28(29,30)31/h2-17,19,32H,18H2,1H3/t19-/m1/s1. The Bertz CT molecular complexity index is 1410. The number of rotatable bonds is 5. The van der Waals surface area contributed by atoms with Crippen LogP contribution in [0, 0.1) is 0 Å². The highest BCUT2D eigenvalue weighted by molar-refractivity contribution is 5.86. The Labute approximate surface area is 190 Å². The maximum Gasteiger partial charge on any atom is 0.416 e. The maximum absolute atomic E-state index is 12.9. The lowest BCUT2D eigenvalue weighted by molar-refractivity contribution is -0.137. The molecule has 5 aromatic rings. The summed E-state index contributed by atoms with van der Waals surface area (Å²) in [6, 6.07) is 28.4. The first-order chi connectivity index (χ1) is 15.9. The molecule has 0 radical (unpaired) electrons. The topological polar surface area (TPSA) is 17.0 Å². The van der Waals surface area contributed by atoms with E-state index in [1.54, 1.807) is 0 Å². The molecule has 0 unspecified atom stereocenters. The van der Waals surface area contributed by atoms with Crippen molar-refractivity contribution in [2.75, 3.05) is 0 Å². The highest BCUT2D eigenvalue weighted by atomic mass is 19.4. The molecule has 1 heterocycles. The summed E-state index contributed by atoms with van der Waals surface area (Å²) in [6.45, 7) is 2.88. The molecular formula is C28H23F3N2. The van der Waals surface area contributed by atoms with Gasteiger partial charge < -0.3 is 9.88 Å². The minimum absolute atomic E-state index is 0.184. The average molecular weight is 445 g/mol. The Kier molecular flexibility index (Phi) is 5.43. The molecule has 0 aliphatic rings. The minimum Gasteiger partial charge on any atom is -0.317 e. The van der Waals surface area contributed by atoms with E-state index >= 15 is 0 Å².